The van der Waals surface area contributed by atoms with Gasteiger partial charge in [0.2, 0.25) is 0 Å². The Kier molecular flexibility index (Phi) is 3.33. The van der Waals surface area contributed by atoms with Crippen LogP contribution >= 0.6 is 0 Å². The van der Waals surface area contributed by atoms with E-state index in [1.165, 1.54) is 65.0 Å². The van der Waals surface area contributed by atoms with E-state index >= 15 is 0 Å². The molecule has 1 aliphatic carbocycles. The van der Waals surface area contributed by atoms with Gasteiger partial charge in [-0.05, 0) is 56.5 Å². The summed E-state index contributed by atoms with van der Waals surface area (Å²) in [6.45, 7) is 10.5. The minimum absolute atomic E-state index is 0.889. The highest BCUT2D eigenvalue weighted by Gasteiger charge is 2.44. The van der Waals surface area contributed by atoms with Crippen LogP contribution in [0.1, 0.15) is 32.6 Å². The molecule has 1 saturated carbocycles. The van der Waals surface area contributed by atoms with Crippen LogP contribution in [-0.2, 0) is 0 Å². The van der Waals surface area contributed by atoms with Crippen LogP contribution in [0.2, 0.25) is 0 Å². The third kappa shape index (κ3) is 2.34. The van der Waals surface area contributed by atoms with Crippen LogP contribution in [0.5, 0.6) is 0 Å². The van der Waals surface area contributed by atoms with Gasteiger partial charge in [0.1, 0.15) is 0 Å². The summed E-state index contributed by atoms with van der Waals surface area (Å²) in [5.74, 6) is 3.09. The quantitative estimate of drug-likeness (QED) is 0.812. The number of fused-ring (bicyclic) bond motifs is 1. The number of rotatable bonds is 2. The van der Waals surface area contributed by atoms with E-state index in [-0.39, 0.29) is 0 Å². The fourth-order valence-corrected chi connectivity index (χ4v) is 5.13. The topological polar surface area (TPSA) is 18.5 Å². The summed E-state index contributed by atoms with van der Waals surface area (Å²) in [5.41, 5.74) is 0. The highest BCUT2D eigenvalue weighted by molar-refractivity contribution is 4.99. The van der Waals surface area contributed by atoms with Crippen molar-refractivity contribution in [2.45, 2.75) is 44.7 Å². The van der Waals surface area contributed by atoms with E-state index in [1.807, 2.05) is 0 Å². The summed E-state index contributed by atoms with van der Waals surface area (Å²) in [6, 6.07) is 1.79. The Morgan fingerprint density at radius 3 is 2.00 bits per heavy atom. The molecule has 3 nitrogen and oxygen atoms in total. The zero-order valence-electron chi connectivity index (χ0n) is 12.4. The molecule has 3 aliphatic heterocycles. The molecule has 0 aromatic heterocycles. The average Bonchev–Trinajstić information content (AvgIpc) is 2.85. The number of hydrogen-bond acceptors (Lipinski definition) is 3. The molecule has 0 bridgehead atoms. The molecule has 2 atom stereocenters. The van der Waals surface area contributed by atoms with Gasteiger partial charge in [0.25, 0.3) is 0 Å². The van der Waals surface area contributed by atoms with Crippen molar-refractivity contribution in [3.05, 3.63) is 0 Å². The van der Waals surface area contributed by atoms with Crippen molar-refractivity contribution in [1.82, 2.24) is 15.1 Å². The largest absolute Gasteiger partial charge is 0.317 e. The number of likely N-dealkylation sites (tertiary alicyclic amines) is 2. The van der Waals surface area contributed by atoms with Crippen LogP contribution in [0, 0.1) is 17.8 Å². The van der Waals surface area contributed by atoms with E-state index in [9.17, 15) is 0 Å². The van der Waals surface area contributed by atoms with Gasteiger partial charge in [0, 0.05) is 38.3 Å². The first kappa shape index (κ1) is 12.6. The Balaban J connectivity index is 1.26. The summed E-state index contributed by atoms with van der Waals surface area (Å²) in [4.78, 5) is 5.58. The van der Waals surface area contributed by atoms with Gasteiger partial charge in [-0.3, -0.25) is 9.80 Å². The Bertz CT molecular complexity index is 306. The smallest absolute Gasteiger partial charge is 0.0350 e. The fourth-order valence-electron chi connectivity index (χ4n) is 5.13. The second-order valence-electron chi connectivity index (χ2n) is 7.64. The zero-order chi connectivity index (χ0) is 12.8. The number of nitrogens with zero attached hydrogens (tertiary/aromatic N) is 2. The first-order valence-electron chi connectivity index (χ1n) is 8.48. The zero-order valence-corrected chi connectivity index (χ0v) is 12.4. The van der Waals surface area contributed by atoms with Gasteiger partial charge < -0.3 is 5.32 Å². The molecule has 3 saturated heterocycles. The molecule has 2 unspecified atom stereocenters. The van der Waals surface area contributed by atoms with E-state index in [2.05, 4.69) is 22.0 Å². The van der Waals surface area contributed by atoms with E-state index in [0.29, 0.717) is 0 Å². The van der Waals surface area contributed by atoms with Gasteiger partial charge >= 0.3 is 0 Å². The van der Waals surface area contributed by atoms with Crippen molar-refractivity contribution in [1.29, 1.82) is 0 Å². The van der Waals surface area contributed by atoms with Gasteiger partial charge in [-0.2, -0.15) is 0 Å². The molecule has 0 aromatic carbocycles. The second kappa shape index (κ2) is 5.01. The van der Waals surface area contributed by atoms with Crippen LogP contribution in [0.4, 0.5) is 0 Å². The number of nitrogens with one attached hydrogen (secondary N) is 1. The third-order valence-electron chi connectivity index (χ3n) is 6.25. The van der Waals surface area contributed by atoms with Crippen molar-refractivity contribution < 1.29 is 0 Å². The molecule has 4 fully saturated rings. The molecule has 4 aliphatic rings. The highest BCUT2D eigenvalue weighted by Crippen LogP contribution is 2.42. The van der Waals surface area contributed by atoms with Gasteiger partial charge in [-0.25, -0.2) is 0 Å². The number of hydrogen-bond donors (Lipinski definition) is 1. The molecule has 108 valence electrons. The Labute approximate surface area is 117 Å². The van der Waals surface area contributed by atoms with Crippen molar-refractivity contribution in [2.24, 2.45) is 17.8 Å². The van der Waals surface area contributed by atoms with Crippen molar-refractivity contribution in [3.8, 4) is 0 Å². The maximum atomic E-state index is 3.48. The summed E-state index contributed by atoms with van der Waals surface area (Å²) >= 11 is 0. The van der Waals surface area contributed by atoms with E-state index in [4.69, 9.17) is 0 Å². The summed E-state index contributed by atoms with van der Waals surface area (Å²) in [6.07, 6.45) is 5.75. The molecule has 0 radical (unpaired) electrons. The lowest BCUT2D eigenvalue weighted by molar-refractivity contribution is 0.00235. The van der Waals surface area contributed by atoms with Crippen LogP contribution < -0.4 is 5.32 Å². The SMILES string of the molecule is CC1CC2CN(C3CN(C4CCNCC4)C3)CC2C1. The molecular formula is C16H29N3. The summed E-state index contributed by atoms with van der Waals surface area (Å²) in [5, 5.41) is 3.48. The maximum Gasteiger partial charge on any atom is 0.0350 e. The van der Waals surface area contributed by atoms with Crippen LogP contribution in [0.15, 0.2) is 0 Å². The van der Waals surface area contributed by atoms with Crippen LogP contribution in [0.3, 0.4) is 0 Å². The van der Waals surface area contributed by atoms with Crippen molar-refractivity contribution >= 4 is 0 Å². The lowest BCUT2D eigenvalue weighted by Crippen LogP contribution is -2.63. The van der Waals surface area contributed by atoms with Gasteiger partial charge in [0.05, 0.1) is 0 Å². The highest BCUT2D eigenvalue weighted by atomic mass is 15.3. The van der Waals surface area contributed by atoms with Gasteiger partial charge in [-0.15, -0.1) is 0 Å². The fraction of sp³-hybridized carbons (Fsp3) is 1.00. The van der Waals surface area contributed by atoms with Crippen LogP contribution in [-0.4, -0.2) is 61.2 Å². The van der Waals surface area contributed by atoms with Crippen LogP contribution in [0.25, 0.3) is 0 Å². The summed E-state index contributed by atoms with van der Waals surface area (Å²) in [7, 11) is 0. The van der Waals surface area contributed by atoms with E-state index in [1.54, 1.807) is 0 Å². The molecule has 0 aromatic rings. The van der Waals surface area contributed by atoms with E-state index in [0.717, 1.165) is 29.8 Å². The minimum atomic E-state index is 0.889. The second-order valence-corrected chi connectivity index (χ2v) is 7.64. The minimum Gasteiger partial charge on any atom is -0.317 e. The normalized spacial score (nSPS) is 42.5. The third-order valence-corrected chi connectivity index (χ3v) is 6.25. The van der Waals surface area contributed by atoms with E-state index < -0.39 is 0 Å². The molecular weight excluding hydrogens is 234 g/mol. The van der Waals surface area contributed by atoms with Crippen molar-refractivity contribution in [2.75, 3.05) is 39.3 Å². The standard InChI is InChI=1S/C16H29N3/c1-12-6-13-8-18(9-14(13)7-12)16-10-19(11-16)15-2-4-17-5-3-15/h12-17H,2-11H2,1H3. The Morgan fingerprint density at radius 2 is 1.37 bits per heavy atom. The molecule has 4 rings (SSSR count). The Morgan fingerprint density at radius 1 is 0.789 bits per heavy atom. The molecule has 1 N–H and O–H groups in total. The average molecular weight is 263 g/mol. The molecule has 0 spiro atoms. The lowest BCUT2D eigenvalue weighted by atomic mass is 9.97. The van der Waals surface area contributed by atoms with Gasteiger partial charge in [0.15, 0.2) is 0 Å². The molecule has 19 heavy (non-hydrogen) atoms. The predicted octanol–water partition coefficient (Wildman–Crippen LogP) is 1.40. The maximum absolute atomic E-state index is 3.48. The van der Waals surface area contributed by atoms with Gasteiger partial charge in [-0.1, -0.05) is 6.92 Å². The lowest BCUT2D eigenvalue weighted by Gasteiger charge is -2.49. The summed E-state index contributed by atoms with van der Waals surface area (Å²) < 4.78 is 0. The number of piperidine rings is 1. The monoisotopic (exact) mass is 263 g/mol. The molecule has 3 heteroatoms. The molecule has 3 heterocycles. The molecule has 0 amide bonds. The Hall–Kier alpha value is -0.120. The first-order valence-corrected chi connectivity index (χ1v) is 8.48. The first-order chi connectivity index (χ1) is 9.29. The predicted molar refractivity (Wildman–Crippen MR) is 78.2 cm³/mol. The van der Waals surface area contributed by atoms with Crippen molar-refractivity contribution in [3.63, 3.8) is 0 Å².